The van der Waals surface area contributed by atoms with Gasteiger partial charge in [-0.2, -0.15) is 0 Å². The first-order valence-corrected chi connectivity index (χ1v) is 10.9. The second-order valence-corrected chi connectivity index (χ2v) is 8.37. The third-order valence-corrected chi connectivity index (χ3v) is 6.28. The van der Waals surface area contributed by atoms with E-state index in [1.165, 1.54) is 0 Å². The number of carbonyl (C=O) groups excluding carboxylic acids is 1. The molecule has 158 valence electrons. The molecule has 0 radical (unpaired) electrons. The van der Waals surface area contributed by atoms with Crippen molar-refractivity contribution in [1.82, 2.24) is 4.90 Å². The van der Waals surface area contributed by atoms with Crippen molar-refractivity contribution in [2.24, 2.45) is 11.1 Å². The fourth-order valence-corrected chi connectivity index (χ4v) is 4.51. The van der Waals surface area contributed by atoms with E-state index >= 15 is 0 Å². The van der Waals surface area contributed by atoms with Crippen molar-refractivity contribution in [3.8, 4) is 5.75 Å². The second kappa shape index (κ2) is 9.52. The maximum Gasteiger partial charge on any atom is 0.226 e. The lowest BCUT2D eigenvalue weighted by molar-refractivity contribution is -0.137. The van der Waals surface area contributed by atoms with E-state index in [0.29, 0.717) is 24.5 Å². The third kappa shape index (κ3) is 4.62. The Balaban J connectivity index is 1.48. The molecule has 0 N–H and O–H groups in total. The second-order valence-electron chi connectivity index (χ2n) is 7.96. The van der Waals surface area contributed by atoms with E-state index in [9.17, 15) is 4.79 Å². The van der Waals surface area contributed by atoms with Crippen LogP contribution in [-0.4, -0.2) is 36.3 Å². The number of methoxy groups -OCH3 is 1. The van der Waals surface area contributed by atoms with Crippen molar-refractivity contribution >= 4 is 23.2 Å². The molecule has 2 aromatic rings. The van der Waals surface area contributed by atoms with E-state index in [2.05, 4.69) is 5.16 Å². The molecule has 4 rings (SSSR count). The van der Waals surface area contributed by atoms with Gasteiger partial charge in [0, 0.05) is 29.5 Å². The Hall–Kier alpha value is -2.53. The van der Waals surface area contributed by atoms with Crippen molar-refractivity contribution in [3.05, 3.63) is 64.7 Å². The summed E-state index contributed by atoms with van der Waals surface area (Å²) in [5.74, 6) is 1.07. The van der Waals surface area contributed by atoms with Crippen molar-refractivity contribution < 1.29 is 14.4 Å². The number of oxime groups is 1. The SMILES string of the molecule is COc1ccccc1C1=NOC(CN(Cc2ccccc2Cl)C(=O)C2CCCC2)C1. The first-order chi connectivity index (χ1) is 14.7. The van der Waals surface area contributed by atoms with Crippen LogP contribution in [-0.2, 0) is 16.2 Å². The van der Waals surface area contributed by atoms with Crippen molar-refractivity contribution in [2.75, 3.05) is 13.7 Å². The summed E-state index contributed by atoms with van der Waals surface area (Å²) >= 11 is 6.38. The van der Waals surface area contributed by atoms with Crippen LogP contribution in [0.25, 0.3) is 0 Å². The molecular formula is C24H27ClN2O3. The molecule has 1 heterocycles. The number of hydrogen-bond acceptors (Lipinski definition) is 4. The molecule has 2 aliphatic rings. The van der Waals surface area contributed by atoms with Gasteiger partial charge >= 0.3 is 0 Å². The topological polar surface area (TPSA) is 51.1 Å². The molecule has 1 saturated carbocycles. The summed E-state index contributed by atoms with van der Waals surface area (Å²) in [4.78, 5) is 20.9. The molecule has 0 bridgehead atoms. The smallest absolute Gasteiger partial charge is 0.226 e. The van der Waals surface area contributed by atoms with E-state index in [0.717, 1.165) is 48.3 Å². The number of nitrogens with zero attached hydrogens (tertiary/aromatic N) is 2. The van der Waals surface area contributed by atoms with Gasteiger partial charge in [0.15, 0.2) is 6.10 Å². The van der Waals surface area contributed by atoms with Crippen LogP contribution in [0.3, 0.4) is 0 Å². The highest BCUT2D eigenvalue weighted by Gasteiger charge is 2.32. The van der Waals surface area contributed by atoms with Gasteiger partial charge in [0.25, 0.3) is 0 Å². The van der Waals surface area contributed by atoms with Crippen LogP contribution in [0.1, 0.15) is 43.2 Å². The fourth-order valence-electron chi connectivity index (χ4n) is 4.31. The summed E-state index contributed by atoms with van der Waals surface area (Å²) in [7, 11) is 1.65. The summed E-state index contributed by atoms with van der Waals surface area (Å²) in [6, 6.07) is 15.5. The summed E-state index contributed by atoms with van der Waals surface area (Å²) in [5.41, 5.74) is 2.74. The Kier molecular flexibility index (Phi) is 6.58. The van der Waals surface area contributed by atoms with Crippen LogP contribution in [0.15, 0.2) is 53.7 Å². The summed E-state index contributed by atoms with van der Waals surface area (Å²) in [6.45, 7) is 0.974. The third-order valence-electron chi connectivity index (χ3n) is 5.91. The highest BCUT2D eigenvalue weighted by atomic mass is 35.5. The number of carbonyl (C=O) groups is 1. The Morgan fingerprint density at radius 1 is 1.17 bits per heavy atom. The largest absolute Gasteiger partial charge is 0.496 e. The zero-order valence-corrected chi connectivity index (χ0v) is 18.0. The Labute approximate surface area is 182 Å². The normalized spacial score (nSPS) is 18.7. The minimum atomic E-state index is -0.183. The van der Waals surface area contributed by atoms with Crippen molar-refractivity contribution in [1.29, 1.82) is 0 Å². The molecule has 0 spiro atoms. The van der Waals surface area contributed by atoms with Gasteiger partial charge in [-0.15, -0.1) is 0 Å². The molecule has 6 heteroatoms. The fraction of sp³-hybridized carbons (Fsp3) is 0.417. The predicted molar refractivity (Wildman–Crippen MR) is 118 cm³/mol. The van der Waals surface area contributed by atoms with Gasteiger partial charge in [-0.05, 0) is 36.6 Å². The van der Waals surface area contributed by atoms with Crippen LogP contribution >= 0.6 is 11.6 Å². The number of para-hydroxylation sites is 1. The molecule has 1 atom stereocenters. The zero-order valence-electron chi connectivity index (χ0n) is 17.2. The standard InChI is InChI=1S/C24H27ClN2O3/c1-29-23-13-7-5-11-20(23)22-14-19(30-26-22)16-27(24(28)17-8-2-3-9-17)15-18-10-4-6-12-21(18)25/h4-7,10-13,17,19H,2-3,8-9,14-16H2,1H3. The maximum absolute atomic E-state index is 13.3. The minimum Gasteiger partial charge on any atom is -0.496 e. The average molecular weight is 427 g/mol. The van der Waals surface area contributed by atoms with Gasteiger partial charge in [0.2, 0.25) is 5.91 Å². The van der Waals surface area contributed by atoms with Gasteiger partial charge in [-0.3, -0.25) is 4.79 Å². The van der Waals surface area contributed by atoms with Gasteiger partial charge in [0.05, 0.1) is 19.4 Å². The summed E-state index contributed by atoms with van der Waals surface area (Å²) in [5, 5.41) is 4.98. The lowest BCUT2D eigenvalue weighted by Crippen LogP contribution is -2.40. The predicted octanol–water partition coefficient (Wildman–Crippen LogP) is 5.06. The highest BCUT2D eigenvalue weighted by Crippen LogP contribution is 2.30. The first-order valence-electron chi connectivity index (χ1n) is 10.5. The lowest BCUT2D eigenvalue weighted by atomic mass is 10.0. The highest BCUT2D eigenvalue weighted by molar-refractivity contribution is 6.31. The molecule has 1 fully saturated rings. The molecule has 1 aliphatic carbocycles. The molecule has 1 amide bonds. The summed E-state index contributed by atoms with van der Waals surface area (Å²) < 4.78 is 5.46. The van der Waals surface area contributed by atoms with E-state index in [1.54, 1.807) is 7.11 Å². The lowest BCUT2D eigenvalue weighted by Gasteiger charge is -2.28. The Morgan fingerprint density at radius 2 is 1.90 bits per heavy atom. The molecule has 0 aromatic heterocycles. The average Bonchev–Trinajstić information content (AvgIpc) is 3.46. The Bertz CT molecular complexity index is 924. The van der Waals surface area contributed by atoms with Gasteiger partial charge in [-0.25, -0.2) is 0 Å². The number of hydrogen-bond donors (Lipinski definition) is 0. The number of benzene rings is 2. The number of halogens is 1. The van der Waals surface area contributed by atoms with E-state index < -0.39 is 0 Å². The molecule has 2 aromatic carbocycles. The monoisotopic (exact) mass is 426 g/mol. The number of rotatable bonds is 7. The van der Waals surface area contributed by atoms with Gasteiger partial charge in [-0.1, -0.05) is 59.9 Å². The van der Waals surface area contributed by atoms with E-state index in [1.807, 2.05) is 53.4 Å². The molecule has 5 nitrogen and oxygen atoms in total. The van der Waals surface area contributed by atoms with E-state index in [4.69, 9.17) is 21.2 Å². The minimum absolute atomic E-state index is 0.100. The van der Waals surface area contributed by atoms with Crippen molar-refractivity contribution in [2.45, 2.75) is 44.8 Å². The van der Waals surface area contributed by atoms with Crippen LogP contribution in [0, 0.1) is 5.92 Å². The maximum atomic E-state index is 13.3. The summed E-state index contributed by atoms with van der Waals surface area (Å²) in [6.07, 6.45) is 4.63. The Morgan fingerprint density at radius 3 is 2.67 bits per heavy atom. The van der Waals surface area contributed by atoms with Crippen LogP contribution in [0.2, 0.25) is 5.02 Å². The van der Waals surface area contributed by atoms with Crippen molar-refractivity contribution in [3.63, 3.8) is 0 Å². The molecular weight excluding hydrogens is 400 g/mol. The quantitative estimate of drug-likeness (QED) is 0.621. The molecule has 1 aliphatic heterocycles. The first kappa shape index (κ1) is 20.7. The van der Waals surface area contributed by atoms with Gasteiger partial charge < -0.3 is 14.5 Å². The van der Waals surface area contributed by atoms with Crippen LogP contribution in [0.4, 0.5) is 0 Å². The number of amides is 1. The number of ether oxygens (including phenoxy) is 1. The van der Waals surface area contributed by atoms with Crippen LogP contribution in [0.5, 0.6) is 5.75 Å². The van der Waals surface area contributed by atoms with Gasteiger partial charge in [0.1, 0.15) is 5.75 Å². The molecule has 0 saturated heterocycles. The van der Waals surface area contributed by atoms with E-state index in [-0.39, 0.29) is 17.9 Å². The zero-order chi connectivity index (χ0) is 20.9. The molecule has 1 unspecified atom stereocenters. The molecule has 30 heavy (non-hydrogen) atoms. The van der Waals surface area contributed by atoms with Crippen LogP contribution < -0.4 is 4.74 Å².